The van der Waals surface area contributed by atoms with Crippen molar-refractivity contribution in [2.75, 3.05) is 18.0 Å². The van der Waals surface area contributed by atoms with Gasteiger partial charge in [0.1, 0.15) is 5.04 Å². The van der Waals surface area contributed by atoms with Crippen molar-refractivity contribution in [2.24, 2.45) is 10.1 Å². The van der Waals surface area contributed by atoms with Crippen LogP contribution >= 0.6 is 11.8 Å². The Morgan fingerprint density at radius 3 is 2.37 bits per heavy atom. The van der Waals surface area contributed by atoms with Crippen LogP contribution in [0, 0.1) is 12.3 Å². The summed E-state index contributed by atoms with van der Waals surface area (Å²) >= 11 is 1.31. The van der Waals surface area contributed by atoms with Gasteiger partial charge >= 0.3 is 0 Å². The van der Waals surface area contributed by atoms with Crippen LogP contribution in [0.25, 0.3) is 6.08 Å². The zero-order valence-corrected chi connectivity index (χ0v) is 18.0. The van der Waals surface area contributed by atoms with Crippen molar-refractivity contribution in [1.29, 1.82) is 5.41 Å². The smallest absolute Gasteiger partial charge is 0.283 e. The molecule has 0 aliphatic carbocycles. The molecule has 0 fully saturated rings. The van der Waals surface area contributed by atoms with Gasteiger partial charge in [-0.2, -0.15) is 15.1 Å². The van der Waals surface area contributed by atoms with Crippen LogP contribution in [-0.4, -0.2) is 40.1 Å². The van der Waals surface area contributed by atoms with E-state index in [0.29, 0.717) is 5.17 Å². The monoisotopic (exact) mass is 417 g/mol. The third-order valence-corrected chi connectivity index (χ3v) is 6.04. The summed E-state index contributed by atoms with van der Waals surface area (Å²) in [6, 6.07) is 16.0. The fraction of sp³-hybridized carbons (Fsp3) is 0.217. The van der Waals surface area contributed by atoms with Crippen molar-refractivity contribution in [3.63, 3.8) is 0 Å². The van der Waals surface area contributed by atoms with Crippen molar-refractivity contribution in [3.8, 4) is 0 Å². The molecule has 0 saturated carbocycles. The first-order chi connectivity index (χ1) is 14.5. The number of aliphatic imine (C=N–C) groups is 1. The molecule has 0 radical (unpaired) electrons. The summed E-state index contributed by atoms with van der Waals surface area (Å²) in [5.41, 5.74) is 4.34. The van der Waals surface area contributed by atoms with Crippen LogP contribution in [0.15, 0.2) is 64.2 Å². The van der Waals surface area contributed by atoms with Gasteiger partial charge in [0.25, 0.3) is 5.91 Å². The van der Waals surface area contributed by atoms with Crippen molar-refractivity contribution in [1.82, 2.24) is 5.01 Å². The Balaban J connectivity index is 1.60. The van der Waals surface area contributed by atoms with E-state index < -0.39 is 5.91 Å². The van der Waals surface area contributed by atoms with Gasteiger partial charge in [-0.25, -0.2) is 0 Å². The van der Waals surface area contributed by atoms with Gasteiger partial charge < -0.3 is 4.90 Å². The van der Waals surface area contributed by atoms with Gasteiger partial charge in [-0.1, -0.05) is 42.0 Å². The molecule has 0 bridgehead atoms. The number of amidine groups is 2. The minimum atomic E-state index is -0.410. The fourth-order valence-corrected chi connectivity index (χ4v) is 4.24. The Morgan fingerprint density at radius 1 is 1.07 bits per heavy atom. The summed E-state index contributed by atoms with van der Waals surface area (Å²) in [6.07, 6.45) is 1.71. The zero-order chi connectivity index (χ0) is 21.3. The molecule has 2 aliphatic heterocycles. The lowest BCUT2D eigenvalue weighted by atomic mass is 10.1. The van der Waals surface area contributed by atoms with E-state index in [-0.39, 0.29) is 11.4 Å². The molecule has 2 aliphatic rings. The molecule has 2 aromatic carbocycles. The first kappa shape index (κ1) is 20.1. The van der Waals surface area contributed by atoms with Crippen molar-refractivity contribution >= 4 is 45.5 Å². The van der Waals surface area contributed by atoms with Crippen LogP contribution in [0.5, 0.6) is 0 Å². The summed E-state index contributed by atoms with van der Waals surface area (Å²) < 4.78 is 0. The van der Waals surface area contributed by atoms with Gasteiger partial charge in [-0.05, 0) is 56.3 Å². The quantitative estimate of drug-likeness (QED) is 0.727. The first-order valence-electron chi connectivity index (χ1n) is 9.92. The van der Waals surface area contributed by atoms with E-state index >= 15 is 0 Å². The van der Waals surface area contributed by atoms with E-state index in [4.69, 9.17) is 5.41 Å². The minimum absolute atomic E-state index is 0.0485. The molecule has 0 aromatic heterocycles. The maximum Gasteiger partial charge on any atom is 0.283 e. The first-order valence-corrected chi connectivity index (χ1v) is 10.7. The van der Waals surface area contributed by atoms with Crippen molar-refractivity contribution < 1.29 is 4.79 Å². The number of aryl methyl sites for hydroxylation is 1. The lowest BCUT2D eigenvalue weighted by molar-refractivity contribution is -0.114. The largest absolute Gasteiger partial charge is 0.372 e. The SMILES string of the molecule is CCN(CC)c1ccc(C=C2C(=N)N3N=C(c4ccc(C)cc4)SC3=NC2=O)cc1. The van der Waals surface area contributed by atoms with Crippen LogP contribution in [0.2, 0.25) is 0 Å². The van der Waals surface area contributed by atoms with E-state index in [1.807, 2.05) is 55.5 Å². The van der Waals surface area contributed by atoms with E-state index in [9.17, 15) is 4.79 Å². The number of hydrogen-bond donors (Lipinski definition) is 1. The molecule has 7 heteroatoms. The highest BCUT2D eigenvalue weighted by molar-refractivity contribution is 8.27. The summed E-state index contributed by atoms with van der Waals surface area (Å²) in [5, 5.41) is 15.7. The standard InChI is InChI=1S/C23H23N5OS/c1-4-27(5-2)18-12-8-16(9-13-18)14-19-20(24)28-23(25-21(19)29)30-22(26-28)17-10-6-15(3)7-11-17/h6-14,24H,4-5H2,1-3H3. The number of amides is 1. The van der Waals surface area contributed by atoms with Gasteiger partial charge in [0, 0.05) is 24.3 Å². The number of rotatable bonds is 5. The van der Waals surface area contributed by atoms with Gasteiger partial charge in [0.2, 0.25) is 5.17 Å². The number of carbonyl (C=O) groups excluding carboxylic acids is 1. The molecule has 6 nitrogen and oxygen atoms in total. The molecule has 1 N–H and O–H groups in total. The molecule has 2 aromatic rings. The molecule has 1 amide bonds. The number of fused-ring (bicyclic) bond motifs is 1. The van der Waals surface area contributed by atoms with Gasteiger partial charge in [0.05, 0.1) is 5.57 Å². The summed E-state index contributed by atoms with van der Waals surface area (Å²) in [6.45, 7) is 8.14. The number of carbonyl (C=O) groups is 1. The maximum absolute atomic E-state index is 12.6. The van der Waals surface area contributed by atoms with Gasteiger partial charge in [-0.15, -0.1) is 0 Å². The second-order valence-electron chi connectivity index (χ2n) is 7.06. The number of nitrogens with one attached hydrogen (secondary N) is 1. The average molecular weight is 418 g/mol. The third kappa shape index (κ3) is 3.80. The molecular formula is C23H23N5OS. The van der Waals surface area contributed by atoms with Crippen molar-refractivity contribution in [3.05, 3.63) is 70.8 Å². The highest BCUT2D eigenvalue weighted by Gasteiger charge is 2.35. The third-order valence-electron chi connectivity index (χ3n) is 5.09. The number of benzene rings is 2. The van der Waals surface area contributed by atoms with E-state index in [0.717, 1.165) is 40.5 Å². The Bertz CT molecular complexity index is 1080. The highest BCUT2D eigenvalue weighted by Crippen LogP contribution is 2.31. The lowest BCUT2D eigenvalue weighted by Gasteiger charge is -2.21. The average Bonchev–Trinajstić information content (AvgIpc) is 3.17. The number of hydrazone groups is 1. The van der Waals surface area contributed by atoms with Gasteiger partial charge in [0.15, 0.2) is 5.84 Å². The zero-order valence-electron chi connectivity index (χ0n) is 17.2. The second kappa shape index (κ2) is 8.28. The van der Waals surface area contributed by atoms with Crippen molar-refractivity contribution in [2.45, 2.75) is 20.8 Å². The molecule has 2 heterocycles. The van der Waals surface area contributed by atoms with E-state index in [1.165, 1.54) is 16.8 Å². The maximum atomic E-state index is 12.6. The molecule has 152 valence electrons. The minimum Gasteiger partial charge on any atom is -0.372 e. The lowest BCUT2D eigenvalue weighted by Crippen LogP contribution is -2.35. The molecular weight excluding hydrogens is 394 g/mol. The summed E-state index contributed by atoms with van der Waals surface area (Å²) in [7, 11) is 0. The van der Waals surface area contributed by atoms with Crippen LogP contribution < -0.4 is 4.90 Å². The number of hydrogen-bond acceptors (Lipinski definition) is 5. The molecule has 0 unspecified atom stereocenters. The fourth-order valence-electron chi connectivity index (χ4n) is 3.34. The summed E-state index contributed by atoms with van der Waals surface area (Å²) in [4.78, 5) is 19.0. The van der Waals surface area contributed by atoms with E-state index in [1.54, 1.807) is 6.08 Å². The highest BCUT2D eigenvalue weighted by atomic mass is 32.2. The Kier molecular flexibility index (Phi) is 5.55. The van der Waals surface area contributed by atoms with Crippen LogP contribution in [0.4, 0.5) is 5.69 Å². The number of anilines is 1. The molecule has 0 saturated heterocycles. The van der Waals surface area contributed by atoms with Gasteiger partial charge in [-0.3, -0.25) is 10.2 Å². The number of thioether (sulfide) groups is 1. The number of nitrogens with zero attached hydrogens (tertiary/aromatic N) is 4. The van der Waals surface area contributed by atoms with Crippen LogP contribution in [-0.2, 0) is 4.79 Å². The predicted octanol–water partition coefficient (Wildman–Crippen LogP) is 4.51. The Hall–Kier alpha value is -3.19. The van der Waals surface area contributed by atoms with Crippen LogP contribution in [0.1, 0.15) is 30.5 Å². The topological polar surface area (TPSA) is 72.1 Å². The van der Waals surface area contributed by atoms with Crippen LogP contribution in [0.3, 0.4) is 0 Å². The predicted molar refractivity (Wildman–Crippen MR) is 125 cm³/mol. The molecule has 0 spiro atoms. The molecule has 4 rings (SSSR count). The molecule has 30 heavy (non-hydrogen) atoms. The second-order valence-corrected chi connectivity index (χ2v) is 8.01. The summed E-state index contributed by atoms with van der Waals surface area (Å²) in [5.74, 6) is -0.362. The Morgan fingerprint density at radius 2 is 1.73 bits per heavy atom. The molecule has 0 atom stereocenters. The van der Waals surface area contributed by atoms with E-state index in [2.05, 4.69) is 28.8 Å². The normalized spacial score (nSPS) is 17.2. The Labute approximate surface area is 180 Å².